The molecule has 0 aliphatic carbocycles. The van der Waals surface area contributed by atoms with Crippen LogP contribution in [0, 0.1) is 6.92 Å². The van der Waals surface area contributed by atoms with Gasteiger partial charge in [-0.25, -0.2) is 9.97 Å². The number of aryl methyl sites for hydroxylation is 1. The van der Waals surface area contributed by atoms with E-state index >= 15 is 0 Å². The van der Waals surface area contributed by atoms with Crippen LogP contribution >= 0.6 is 0 Å². The number of hydrogen-bond acceptors (Lipinski definition) is 6. The smallest absolute Gasteiger partial charge is 0.226 e. The Hall–Kier alpha value is -1.92. The number of methoxy groups -OCH3 is 1. The number of ether oxygens (including phenoxy) is 1. The molecule has 0 spiro atoms. The van der Waals surface area contributed by atoms with Crippen LogP contribution in [0.25, 0.3) is 10.9 Å². The Labute approximate surface area is 148 Å². The van der Waals surface area contributed by atoms with Crippen LogP contribution in [-0.2, 0) is 0 Å². The molecule has 2 aromatic rings. The fraction of sp³-hybridized carbons (Fsp3) is 0.579. The molecule has 1 N–H and O–H groups in total. The number of nitrogens with zero attached hydrogens (tertiary/aromatic N) is 4. The number of aromatic nitrogens is 2. The van der Waals surface area contributed by atoms with Gasteiger partial charge in [0.1, 0.15) is 5.75 Å². The third-order valence-electron chi connectivity index (χ3n) is 5.48. The molecule has 2 fully saturated rings. The molecule has 2 aliphatic heterocycles. The first-order valence-electron chi connectivity index (χ1n) is 9.15. The summed E-state index contributed by atoms with van der Waals surface area (Å²) in [5.74, 6) is 1.50. The minimum atomic E-state index is -0.344. The average molecular weight is 342 g/mol. The minimum Gasteiger partial charge on any atom is -0.497 e. The van der Waals surface area contributed by atoms with Gasteiger partial charge in [0, 0.05) is 24.5 Å². The van der Waals surface area contributed by atoms with E-state index in [1.165, 1.54) is 19.3 Å². The number of piperidine rings is 1. The molecule has 25 heavy (non-hydrogen) atoms. The lowest BCUT2D eigenvalue weighted by Crippen LogP contribution is -2.45. The van der Waals surface area contributed by atoms with Gasteiger partial charge in [0.15, 0.2) is 0 Å². The van der Waals surface area contributed by atoms with Gasteiger partial charge < -0.3 is 14.7 Å². The molecule has 134 valence electrons. The van der Waals surface area contributed by atoms with Crippen LogP contribution in [0.1, 0.15) is 25.0 Å². The minimum absolute atomic E-state index is 0.185. The molecule has 0 radical (unpaired) electrons. The lowest BCUT2D eigenvalue weighted by atomic mass is 10.1. The summed E-state index contributed by atoms with van der Waals surface area (Å²) >= 11 is 0. The summed E-state index contributed by atoms with van der Waals surface area (Å²) in [5.41, 5.74) is 1.84. The van der Waals surface area contributed by atoms with Crippen LogP contribution in [-0.4, -0.2) is 65.4 Å². The van der Waals surface area contributed by atoms with E-state index in [1.807, 2.05) is 25.1 Å². The number of rotatable bonds is 3. The van der Waals surface area contributed by atoms with Crippen molar-refractivity contribution in [3.05, 3.63) is 23.9 Å². The maximum atomic E-state index is 10.6. The maximum Gasteiger partial charge on any atom is 0.226 e. The molecule has 4 rings (SSSR count). The molecule has 0 bridgehead atoms. The second-order valence-corrected chi connectivity index (χ2v) is 7.13. The summed E-state index contributed by atoms with van der Waals surface area (Å²) in [5, 5.41) is 11.6. The second-order valence-electron chi connectivity index (χ2n) is 7.13. The third-order valence-corrected chi connectivity index (χ3v) is 5.48. The maximum absolute atomic E-state index is 10.6. The Morgan fingerprint density at radius 3 is 2.68 bits per heavy atom. The standard InChI is InChI=1S/C19H26N4O2/c1-13-15-7-6-14(25-2)10-16(15)21-19(20-13)23-11-17(18(24)12-23)22-8-4-3-5-9-22/h6-7,10,17-18,24H,3-5,8-9,11-12H2,1-2H3/t17-,18-/m0/s1. The lowest BCUT2D eigenvalue weighted by molar-refractivity contribution is 0.0706. The highest BCUT2D eigenvalue weighted by Crippen LogP contribution is 2.27. The van der Waals surface area contributed by atoms with E-state index in [0.717, 1.165) is 42.0 Å². The quantitative estimate of drug-likeness (QED) is 0.920. The molecular weight excluding hydrogens is 316 g/mol. The predicted molar refractivity (Wildman–Crippen MR) is 98.3 cm³/mol. The predicted octanol–water partition coefficient (Wildman–Crippen LogP) is 1.98. The van der Waals surface area contributed by atoms with Gasteiger partial charge in [-0.15, -0.1) is 0 Å². The van der Waals surface area contributed by atoms with Crippen LogP contribution in [0.5, 0.6) is 5.75 Å². The number of anilines is 1. The SMILES string of the molecule is COc1ccc2c(C)nc(N3C[C@H](O)[C@@H](N4CCCCC4)C3)nc2c1. The summed E-state index contributed by atoms with van der Waals surface area (Å²) in [6.45, 7) is 5.56. The van der Waals surface area contributed by atoms with E-state index in [9.17, 15) is 5.11 Å². The van der Waals surface area contributed by atoms with Crippen molar-refractivity contribution < 1.29 is 9.84 Å². The summed E-state index contributed by atoms with van der Waals surface area (Å²) in [6, 6.07) is 6.07. The fourth-order valence-corrected chi connectivity index (χ4v) is 4.06. The largest absolute Gasteiger partial charge is 0.497 e. The first kappa shape index (κ1) is 16.5. The molecule has 6 nitrogen and oxygen atoms in total. The number of aliphatic hydroxyl groups is 1. The summed E-state index contributed by atoms with van der Waals surface area (Å²) in [6.07, 6.45) is 3.42. The Morgan fingerprint density at radius 1 is 1.12 bits per heavy atom. The van der Waals surface area contributed by atoms with Gasteiger partial charge in [0.25, 0.3) is 0 Å². The van der Waals surface area contributed by atoms with Crippen molar-refractivity contribution >= 4 is 16.9 Å². The van der Waals surface area contributed by atoms with Gasteiger partial charge in [0.2, 0.25) is 5.95 Å². The molecule has 1 aromatic carbocycles. The average Bonchev–Trinajstić information content (AvgIpc) is 3.03. The van der Waals surface area contributed by atoms with Crippen molar-refractivity contribution in [1.29, 1.82) is 0 Å². The number of likely N-dealkylation sites (tertiary alicyclic amines) is 1. The second kappa shape index (κ2) is 6.77. The van der Waals surface area contributed by atoms with Crippen LogP contribution < -0.4 is 9.64 Å². The van der Waals surface area contributed by atoms with Gasteiger partial charge in [-0.3, -0.25) is 4.90 Å². The topological polar surface area (TPSA) is 61.7 Å². The highest BCUT2D eigenvalue weighted by Gasteiger charge is 2.37. The Morgan fingerprint density at radius 2 is 1.92 bits per heavy atom. The molecule has 0 unspecified atom stereocenters. The highest BCUT2D eigenvalue weighted by molar-refractivity contribution is 5.83. The van der Waals surface area contributed by atoms with Crippen molar-refractivity contribution in [2.75, 3.05) is 38.2 Å². The van der Waals surface area contributed by atoms with Crippen LogP contribution in [0.15, 0.2) is 18.2 Å². The molecule has 0 amide bonds. The van der Waals surface area contributed by atoms with E-state index in [2.05, 4.69) is 9.80 Å². The van der Waals surface area contributed by atoms with Crippen molar-refractivity contribution in [2.24, 2.45) is 0 Å². The number of fused-ring (bicyclic) bond motifs is 1. The lowest BCUT2D eigenvalue weighted by Gasteiger charge is -2.33. The van der Waals surface area contributed by atoms with E-state index in [0.29, 0.717) is 12.5 Å². The Bertz CT molecular complexity index is 760. The van der Waals surface area contributed by atoms with E-state index in [1.54, 1.807) is 7.11 Å². The van der Waals surface area contributed by atoms with Crippen LogP contribution in [0.3, 0.4) is 0 Å². The number of benzene rings is 1. The molecule has 3 heterocycles. The molecular formula is C19H26N4O2. The number of β-amino-alcohol motifs (C(OH)–C–C–N with tert-alkyl or cyclic N) is 1. The first-order valence-corrected chi connectivity index (χ1v) is 9.15. The molecule has 2 saturated heterocycles. The zero-order valence-corrected chi connectivity index (χ0v) is 15.0. The molecule has 0 saturated carbocycles. The number of hydrogen-bond donors (Lipinski definition) is 1. The van der Waals surface area contributed by atoms with Crippen molar-refractivity contribution in [2.45, 2.75) is 38.3 Å². The van der Waals surface area contributed by atoms with Gasteiger partial charge >= 0.3 is 0 Å². The first-order chi connectivity index (χ1) is 12.2. The number of aliphatic hydroxyl groups excluding tert-OH is 1. The highest BCUT2D eigenvalue weighted by atomic mass is 16.5. The Balaban J connectivity index is 1.61. The van der Waals surface area contributed by atoms with Crippen LogP contribution in [0.2, 0.25) is 0 Å². The molecule has 1 aromatic heterocycles. The van der Waals surface area contributed by atoms with Crippen molar-refractivity contribution in [3.63, 3.8) is 0 Å². The Kier molecular flexibility index (Phi) is 4.48. The van der Waals surface area contributed by atoms with E-state index in [4.69, 9.17) is 14.7 Å². The molecule has 2 aliphatic rings. The van der Waals surface area contributed by atoms with E-state index in [-0.39, 0.29) is 12.1 Å². The summed E-state index contributed by atoms with van der Waals surface area (Å²) in [7, 11) is 1.66. The van der Waals surface area contributed by atoms with Gasteiger partial charge in [-0.05, 0) is 45.0 Å². The summed E-state index contributed by atoms with van der Waals surface area (Å²) < 4.78 is 5.32. The van der Waals surface area contributed by atoms with Gasteiger partial charge in [-0.1, -0.05) is 6.42 Å². The summed E-state index contributed by atoms with van der Waals surface area (Å²) in [4.78, 5) is 14.0. The van der Waals surface area contributed by atoms with Crippen LogP contribution in [0.4, 0.5) is 5.95 Å². The zero-order valence-electron chi connectivity index (χ0n) is 15.0. The van der Waals surface area contributed by atoms with Gasteiger partial charge in [0.05, 0.1) is 30.5 Å². The fourth-order valence-electron chi connectivity index (χ4n) is 4.06. The zero-order chi connectivity index (χ0) is 17.4. The van der Waals surface area contributed by atoms with Crippen molar-refractivity contribution in [3.8, 4) is 5.75 Å². The van der Waals surface area contributed by atoms with Gasteiger partial charge in [-0.2, -0.15) is 0 Å². The molecule has 2 atom stereocenters. The monoisotopic (exact) mass is 342 g/mol. The molecule has 6 heteroatoms. The van der Waals surface area contributed by atoms with E-state index < -0.39 is 0 Å². The normalized spacial score (nSPS) is 24.8. The van der Waals surface area contributed by atoms with Crippen molar-refractivity contribution in [1.82, 2.24) is 14.9 Å². The third kappa shape index (κ3) is 3.16.